The molecule has 0 spiro atoms. The lowest BCUT2D eigenvalue weighted by atomic mass is 9.97. The highest BCUT2D eigenvalue weighted by molar-refractivity contribution is 9.10. The van der Waals surface area contributed by atoms with Gasteiger partial charge in [-0.2, -0.15) is 5.10 Å². The molecule has 2 aromatic carbocycles. The topological polar surface area (TPSA) is 41.9 Å². The van der Waals surface area contributed by atoms with Crippen LogP contribution in [0.5, 0.6) is 5.75 Å². The lowest BCUT2D eigenvalue weighted by Crippen LogP contribution is -2.45. The number of hydrazone groups is 1. The Kier molecular flexibility index (Phi) is 4.10. The Morgan fingerprint density at radius 1 is 1.11 bits per heavy atom. The molecule has 0 radical (unpaired) electrons. The predicted octanol–water partition coefficient (Wildman–Crippen LogP) is 5.26. The number of para-hydroxylation sites is 1. The molecule has 0 fully saturated rings. The molecule has 0 bridgehead atoms. The van der Waals surface area contributed by atoms with Crippen molar-refractivity contribution in [3.63, 3.8) is 0 Å². The van der Waals surface area contributed by atoms with Crippen molar-refractivity contribution >= 4 is 38.8 Å². The number of ether oxygens (including phenoxy) is 1. The van der Waals surface area contributed by atoms with Gasteiger partial charge in [0.15, 0.2) is 0 Å². The van der Waals surface area contributed by atoms with Gasteiger partial charge in [-0.05, 0) is 29.6 Å². The highest BCUT2D eigenvalue weighted by Gasteiger charge is 2.43. The van der Waals surface area contributed by atoms with E-state index in [2.05, 4.69) is 28.1 Å². The second kappa shape index (κ2) is 6.62. The summed E-state index contributed by atoms with van der Waals surface area (Å²) in [4.78, 5) is 14.3. The van der Waals surface area contributed by atoms with E-state index in [9.17, 15) is 4.79 Å². The monoisotopic (exact) mass is 438 g/mol. The molecule has 6 heteroatoms. The van der Waals surface area contributed by atoms with Gasteiger partial charge in [-0.3, -0.25) is 4.79 Å². The Morgan fingerprint density at radius 2 is 1.93 bits per heavy atom. The van der Waals surface area contributed by atoms with Crippen LogP contribution in [0.4, 0.5) is 0 Å². The Balaban J connectivity index is 1.56. The third-order valence-electron chi connectivity index (χ3n) is 4.86. The second-order valence-electron chi connectivity index (χ2n) is 6.50. The van der Waals surface area contributed by atoms with Crippen LogP contribution in [-0.4, -0.2) is 22.7 Å². The van der Waals surface area contributed by atoms with E-state index in [1.807, 2.05) is 58.9 Å². The largest absolute Gasteiger partial charge is 0.461 e. The van der Waals surface area contributed by atoms with Crippen LogP contribution in [0.2, 0.25) is 0 Å². The quantitative estimate of drug-likeness (QED) is 0.523. The van der Waals surface area contributed by atoms with E-state index in [0.717, 1.165) is 32.8 Å². The number of nitrogens with zero attached hydrogens (tertiary/aromatic N) is 2. The number of fused-ring (bicyclic) bond motifs is 3. The molecule has 0 amide bonds. The van der Waals surface area contributed by atoms with E-state index >= 15 is 0 Å². The fourth-order valence-corrected chi connectivity index (χ4v) is 4.54. The number of hydrogen-bond acceptors (Lipinski definition) is 5. The third-order valence-corrected chi connectivity index (χ3v) is 6.31. The Hall–Kier alpha value is -2.44. The number of Topliss-reactive ketones (excluding diaryl/α,β-unsaturated/α-hetero) is 1. The Bertz CT molecular complexity index is 1030. The van der Waals surface area contributed by atoms with Crippen LogP contribution < -0.4 is 4.74 Å². The lowest BCUT2D eigenvalue weighted by Gasteiger charge is -2.37. The van der Waals surface area contributed by atoms with Crippen LogP contribution in [0, 0.1) is 0 Å². The predicted molar refractivity (Wildman–Crippen MR) is 109 cm³/mol. The van der Waals surface area contributed by atoms with Crippen molar-refractivity contribution in [2.24, 2.45) is 5.10 Å². The minimum Gasteiger partial charge on any atom is -0.461 e. The summed E-state index contributed by atoms with van der Waals surface area (Å²) < 4.78 is 7.06. The molecule has 0 aliphatic carbocycles. The zero-order valence-corrected chi connectivity index (χ0v) is 16.6. The van der Waals surface area contributed by atoms with Crippen molar-refractivity contribution in [1.82, 2.24) is 5.01 Å². The molecule has 1 aromatic heterocycles. The van der Waals surface area contributed by atoms with E-state index in [0.29, 0.717) is 5.56 Å². The highest BCUT2D eigenvalue weighted by Crippen LogP contribution is 2.43. The maximum Gasteiger partial charge on any atom is 0.251 e. The molecule has 3 heterocycles. The maximum atomic E-state index is 13.2. The van der Waals surface area contributed by atoms with Crippen molar-refractivity contribution in [2.45, 2.75) is 18.7 Å². The zero-order valence-electron chi connectivity index (χ0n) is 14.2. The molecule has 0 saturated carbocycles. The van der Waals surface area contributed by atoms with Gasteiger partial charge in [0.1, 0.15) is 5.75 Å². The van der Waals surface area contributed by atoms with E-state index in [1.54, 1.807) is 11.3 Å². The van der Waals surface area contributed by atoms with Crippen molar-refractivity contribution in [1.29, 1.82) is 0 Å². The molecule has 134 valence electrons. The second-order valence-corrected chi connectivity index (χ2v) is 8.37. The van der Waals surface area contributed by atoms with Gasteiger partial charge in [-0.15, -0.1) is 11.3 Å². The molecule has 2 unspecified atom stereocenters. The number of carbonyl (C=O) groups is 1. The molecule has 4 nitrogen and oxygen atoms in total. The van der Waals surface area contributed by atoms with Gasteiger partial charge in [0, 0.05) is 22.0 Å². The van der Waals surface area contributed by atoms with Gasteiger partial charge in [0.2, 0.25) is 5.78 Å². The summed E-state index contributed by atoms with van der Waals surface area (Å²) in [5, 5.41) is 8.68. The first-order valence-electron chi connectivity index (χ1n) is 8.66. The fourth-order valence-electron chi connectivity index (χ4n) is 3.56. The van der Waals surface area contributed by atoms with Crippen LogP contribution in [0.1, 0.15) is 33.3 Å². The minimum atomic E-state index is -0.761. The normalized spacial score (nSPS) is 20.5. The smallest absolute Gasteiger partial charge is 0.251 e. The first-order valence-corrected chi connectivity index (χ1v) is 10.3. The summed E-state index contributed by atoms with van der Waals surface area (Å²) in [5.74, 6) is 0.676. The molecule has 0 N–H and O–H groups in total. The van der Waals surface area contributed by atoms with Gasteiger partial charge in [-0.1, -0.05) is 52.3 Å². The molecule has 5 rings (SSSR count). The zero-order chi connectivity index (χ0) is 18.4. The number of ketones is 1. The SMILES string of the molecule is O=C(c1ccc(Br)cc1)C1Oc2ccccc2C2CC(c3cccs3)=NN12. The molecule has 27 heavy (non-hydrogen) atoms. The van der Waals surface area contributed by atoms with Gasteiger partial charge >= 0.3 is 0 Å². The Labute approximate surface area is 169 Å². The van der Waals surface area contributed by atoms with Gasteiger partial charge in [0.25, 0.3) is 6.23 Å². The number of halogens is 1. The number of thiophene rings is 1. The number of carbonyl (C=O) groups excluding carboxylic acids is 1. The minimum absolute atomic E-state index is 0.0106. The van der Waals surface area contributed by atoms with E-state index in [4.69, 9.17) is 9.84 Å². The fraction of sp³-hybridized carbons (Fsp3) is 0.143. The van der Waals surface area contributed by atoms with E-state index in [-0.39, 0.29) is 11.8 Å². The average molecular weight is 439 g/mol. The standard InChI is InChI=1S/C21H15BrN2O2S/c22-14-9-7-13(8-10-14)20(25)21-24-17(15-4-1-2-5-18(15)26-21)12-16(23-24)19-6-3-11-27-19/h1-11,17,21H,12H2. The van der Waals surface area contributed by atoms with Crippen LogP contribution in [0.3, 0.4) is 0 Å². The molecule has 3 aromatic rings. The number of hydrogen-bond donors (Lipinski definition) is 0. The highest BCUT2D eigenvalue weighted by atomic mass is 79.9. The summed E-state index contributed by atoms with van der Waals surface area (Å²) in [6.45, 7) is 0. The van der Waals surface area contributed by atoms with Crippen molar-refractivity contribution in [3.05, 3.63) is 86.5 Å². The van der Waals surface area contributed by atoms with Crippen molar-refractivity contribution < 1.29 is 9.53 Å². The van der Waals surface area contributed by atoms with Gasteiger partial charge < -0.3 is 4.74 Å². The Morgan fingerprint density at radius 3 is 2.70 bits per heavy atom. The summed E-state index contributed by atoms with van der Waals surface area (Å²) in [6.07, 6.45) is 0.00824. The van der Waals surface area contributed by atoms with E-state index in [1.165, 1.54) is 0 Å². The molecular weight excluding hydrogens is 424 g/mol. The van der Waals surface area contributed by atoms with Crippen LogP contribution >= 0.6 is 27.3 Å². The molecule has 2 aliphatic rings. The third kappa shape index (κ3) is 2.89. The summed E-state index contributed by atoms with van der Waals surface area (Å²) in [6, 6.07) is 19.4. The average Bonchev–Trinajstić information content (AvgIpc) is 3.37. The van der Waals surface area contributed by atoms with Crippen LogP contribution in [0.15, 0.2) is 75.6 Å². The van der Waals surface area contributed by atoms with Gasteiger partial charge in [-0.25, -0.2) is 5.01 Å². The van der Waals surface area contributed by atoms with Crippen LogP contribution in [-0.2, 0) is 0 Å². The summed E-state index contributed by atoms with van der Waals surface area (Å²) in [5.41, 5.74) is 2.69. The van der Waals surface area contributed by atoms with Crippen molar-refractivity contribution in [2.75, 3.05) is 0 Å². The molecule has 2 aliphatic heterocycles. The first-order chi connectivity index (χ1) is 13.2. The molecular formula is C21H15BrN2O2S. The van der Waals surface area contributed by atoms with Gasteiger partial charge in [0.05, 0.1) is 16.6 Å². The summed E-state index contributed by atoms with van der Waals surface area (Å²) >= 11 is 5.08. The lowest BCUT2D eigenvalue weighted by molar-refractivity contribution is -0.00455. The molecule has 2 atom stereocenters. The first kappa shape index (κ1) is 16.7. The summed E-state index contributed by atoms with van der Waals surface area (Å²) in [7, 11) is 0. The maximum absolute atomic E-state index is 13.2. The molecule has 0 saturated heterocycles. The number of benzene rings is 2. The van der Waals surface area contributed by atoms with E-state index < -0.39 is 6.23 Å². The van der Waals surface area contributed by atoms with Crippen molar-refractivity contribution in [3.8, 4) is 5.75 Å². The number of rotatable bonds is 3. The van der Waals surface area contributed by atoms with Crippen LogP contribution in [0.25, 0.3) is 0 Å².